The number of nitrogens with zero attached hydrogens (tertiary/aromatic N) is 2. The molecule has 6 aromatic rings. The normalized spacial score (nSPS) is 10.4. The second kappa shape index (κ2) is 7.72. The molecule has 0 aliphatic carbocycles. The maximum atomic E-state index is 8.00. The number of aromatic nitrogens is 4. The van der Waals surface area contributed by atoms with E-state index >= 15 is 0 Å². The second-order valence-electron chi connectivity index (χ2n) is 6.14. The molecule has 2 N–H and O–H groups in total. The van der Waals surface area contributed by atoms with Gasteiger partial charge in [-0.15, -0.1) is 0 Å². The average molecular weight is 366 g/mol. The lowest BCUT2D eigenvalue weighted by Gasteiger charge is -1.87. The molecule has 6 rings (SSSR count). The number of hydrogen-bond donors (Lipinski definition) is 2. The van der Waals surface area contributed by atoms with Gasteiger partial charge >= 0.3 is 0 Å². The summed E-state index contributed by atoms with van der Waals surface area (Å²) >= 11 is 0. The van der Waals surface area contributed by atoms with Crippen molar-refractivity contribution in [3.05, 3.63) is 85.2 Å². The van der Waals surface area contributed by atoms with Crippen molar-refractivity contribution in [3.8, 4) is 0 Å². The Morgan fingerprint density at radius 2 is 0.929 bits per heavy atom. The van der Waals surface area contributed by atoms with Crippen molar-refractivity contribution in [2.24, 2.45) is 0 Å². The number of pyridine rings is 2. The summed E-state index contributed by atoms with van der Waals surface area (Å²) in [5.74, 6) is 0. The van der Waals surface area contributed by atoms with Crippen LogP contribution in [0.15, 0.2) is 85.2 Å². The van der Waals surface area contributed by atoms with E-state index in [1.165, 1.54) is 21.5 Å². The predicted octanol–water partition coefficient (Wildman–Crippen LogP) is 5.25. The number of carbonyl (C=O) groups is 1. The Morgan fingerprint density at radius 3 is 1.39 bits per heavy atom. The Balaban J connectivity index is 0.000000126. The maximum Gasteiger partial charge on any atom is 0.138 e. The third kappa shape index (κ3) is 3.10. The van der Waals surface area contributed by atoms with Gasteiger partial charge < -0.3 is 14.8 Å². The van der Waals surface area contributed by atoms with Crippen LogP contribution in [0.4, 0.5) is 0 Å². The van der Waals surface area contributed by atoms with Crippen LogP contribution in [-0.2, 0) is 4.79 Å². The van der Waals surface area contributed by atoms with E-state index in [0.29, 0.717) is 0 Å². The largest absolute Gasteiger partial charge is 0.339 e. The molecule has 0 aliphatic heterocycles. The fourth-order valence-corrected chi connectivity index (χ4v) is 3.35. The summed E-state index contributed by atoms with van der Waals surface area (Å²) in [6.07, 6.45) is 3.61. The first-order valence-corrected chi connectivity index (χ1v) is 8.82. The first-order chi connectivity index (χ1) is 13.9. The topological polar surface area (TPSA) is 74.4 Å². The van der Waals surface area contributed by atoms with Crippen LogP contribution in [0.5, 0.6) is 0 Å². The Kier molecular flexibility index (Phi) is 4.80. The molecule has 5 nitrogen and oxygen atoms in total. The number of carbonyl (C=O) groups excluding carboxylic acids is 1. The van der Waals surface area contributed by atoms with Crippen molar-refractivity contribution in [1.82, 2.24) is 19.9 Å². The Bertz CT molecular complexity index is 1160. The third-order valence-electron chi connectivity index (χ3n) is 4.56. The van der Waals surface area contributed by atoms with Gasteiger partial charge in [0.05, 0.1) is 0 Å². The molecule has 0 saturated carbocycles. The van der Waals surface area contributed by atoms with Gasteiger partial charge in [-0.3, -0.25) is 0 Å². The smallest absolute Gasteiger partial charge is 0.138 e. The molecular formula is C23H18N4O. The maximum absolute atomic E-state index is 8.00. The highest BCUT2D eigenvalue weighted by atomic mass is 16.1. The van der Waals surface area contributed by atoms with Gasteiger partial charge in [0.1, 0.15) is 18.1 Å². The molecule has 0 amide bonds. The van der Waals surface area contributed by atoms with Gasteiger partial charge in [-0.25, -0.2) is 9.97 Å². The molecule has 4 heterocycles. The molecule has 4 aromatic heterocycles. The number of benzene rings is 2. The minimum Gasteiger partial charge on any atom is -0.339 e. The van der Waals surface area contributed by atoms with Gasteiger partial charge in [0, 0.05) is 45.0 Å². The van der Waals surface area contributed by atoms with E-state index in [9.17, 15) is 0 Å². The molecule has 28 heavy (non-hydrogen) atoms. The molecule has 0 bridgehead atoms. The standard InChI is InChI=1S/2C11H8N2.CH2O/c2*1-2-6-10-8(4-1)9-5-3-7-12-11(9)13-10;1-2/h2*1-7H,(H,12,13);1H2. The van der Waals surface area contributed by atoms with Crippen molar-refractivity contribution in [2.75, 3.05) is 0 Å². The van der Waals surface area contributed by atoms with E-state index < -0.39 is 0 Å². The number of rotatable bonds is 0. The lowest BCUT2D eigenvalue weighted by molar-refractivity contribution is -0.0979. The van der Waals surface area contributed by atoms with Crippen molar-refractivity contribution in [1.29, 1.82) is 0 Å². The number of nitrogens with one attached hydrogen (secondary N) is 2. The molecule has 5 heteroatoms. The lowest BCUT2D eigenvalue weighted by Crippen LogP contribution is -1.71. The Labute approximate surface area is 161 Å². The number of para-hydroxylation sites is 2. The highest BCUT2D eigenvalue weighted by molar-refractivity contribution is 6.06. The van der Waals surface area contributed by atoms with Crippen LogP contribution in [-0.4, -0.2) is 26.7 Å². The summed E-state index contributed by atoms with van der Waals surface area (Å²) in [6, 6.07) is 24.6. The van der Waals surface area contributed by atoms with Crippen molar-refractivity contribution in [3.63, 3.8) is 0 Å². The Morgan fingerprint density at radius 1 is 0.536 bits per heavy atom. The summed E-state index contributed by atoms with van der Waals surface area (Å²) in [4.78, 5) is 23.1. The monoisotopic (exact) mass is 366 g/mol. The third-order valence-corrected chi connectivity index (χ3v) is 4.56. The molecule has 136 valence electrons. The molecule has 0 radical (unpaired) electrons. The van der Waals surface area contributed by atoms with Gasteiger partial charge in [-0.2, -0.15) is 0 Å². The quantitative estimate of drug-likeness (QED) is 0.386. The molecule has 2 aromatic carbocycles. The van der Waals surface area contributed by atoms with Gasteiger partial charge in [-0.05, 0) is 36.4 Å². The highest BCUT2D eigenvalue weighted by Gasteiger charge is 2.02. The van der Waals surface area contributed by atoms with Crippen molar-refractivity contribution < 1.29 is 4.79 Å². The molecular weight excluding hydrogens is 348 g/mol. The summed E-state index contributed by atoms with van der Waals surface area (Å²) in [5, 5.41) is 4.87. The fourth-order valence-electron chi connectivity index (χ4n) is 3.35. The molecule has 0 atom stereocenters. The summed E-state index contributed by atoms with van der Waals surface area (Å²) in [7, 11) is 0. The molecule has 0 aliphatic rings. The van der Waals surface area contributed by atoms with Gasteiger partial charge in [0.2, 0.25) is 0 Å². The van der Waals surface area contributed by atoms with Crippen LogP contribution in [0.25, 0.3) is 43.9 Å². The summed E-state index contributed by atoms with van der Waals surface area (Å²) in [5.41, 5.74) is 4.22. The molecule has 0 spiro atoms. The number of hydrogen-bond acceptors (Lipinski definition) is 3. The van der Waals surface area contributed by atoms with Crippen molar-refractivity contribution in [2.45, 2.75) is 0 Å². The van der Waals surface area contributed by atoms with Crippen LogP contribution >= 0.6 is 0 Å². The number of fused-ring (bicyclic) bond motifs is 6. The minimum absolute atomic E-state index is 0.962. The molecule has 0 saturated heterocycles. The second-order valence-corrected chi connectivity index (χ2v) is 6.14. The van der Waals surface area contributed by atoms with Crippen LogP contribution < -0.4 is 0 Å². The van der Waals surface area contributed by atoms with Gasteiger partial charge in [0.15, 0.2) is 0 Å². The lowest BCUT2D eigenvalue weighted by atomic mass is 10.2. The zero-order valence-electron chi connectivity index (χ0n) is 15.1. The predicted molar refractivity (Wildman–Crippen MR) is 114 cm³/mol. The van der Waals surface area contributed by atoms with E-state index in [1.807, 2.05) is 43.2 Å². The molecule has 0 unspecified atom stereocenters. The zero-order valence-corrected chi connectivity index (χ0v) is 15.1. The highest BCUT2D eigenvalue weighted by Crippen LogP contribution is 2.23. The summed E-state index contributed by atoms with van der Waals surface area (Å²) < 4.78 is 0. The SMILES string of the molecule is C=O.c1ccc2c(c1)[nH]c1ncccc12.c1ccc2c(c1)[nH]c1ncccc12. The first-order valence-electron chi connectivity index (χ1n) is 8.82. The zero-order chi connectivity index (χ0) is 19.3. The van der Waals surface area contributed by atoms with Crippen molar-refractivity contribution >= 4 is 50.7 Å². The number of aromatic amines is 2. The Hall–Kier alpha value is -3.99. The van der Waals surface area contributed by atoms with E-state index in [-0.39, 0.29) is 0 Å². The van der Waals surface area contributed by atoms with E-state index in [2.05, 4.69) is 56.3 Å². The number of H-pyrrole nitrogens is 2. The first kappa shape index (κ1) is 17.4. The van der Waals surface area contributed by atoms with Crippen LogP contribution in [0, 0.1) is 0 Å². The fraction of sp³-hybridized carbons (Fsp3) is 0. The van der Waals surface area contributed by atoms with Crippen LogP contribution in [0.2, 0.25) is 0 Å². The van der Waals surface area contributed by atoms with E-state index in [0.717, 1.165) is 22.3 Å². The van der Waals surface area contributed by atoms with Gasteiger partial charge in [-0.1, -0.05) is 36.4 Å². The van der Waals surface area contributed by atoms with Gasteiger partial charge in [0.25, 0.3) is 0 Å². The van der Waals surface area contributed by atoms with E-state index in [4.69, 9.17) is 4.79 Å². The summed E-state index contributed by atoms with van der Waals surface area (Å²) in [6.45, 7) is 2.00. The molecule has 0 fully saturated rings. The average Bonchev–Trinajstić information content (AvgIpc) is 3.34. The van der Waals surface area contributed by atoms with E-state index in [1.54, 1.807) is 12.4 Å². The van der Waals surface area contributed by atoms with Crippen LogP contribution in [0.3, 0.4) is 0 Å². The minimum atomic E-state index is 0.962. The van der Waals surface area contributed by atoms with Crippen LogP contribution in [0.1, 0.15) is 0 Å².